The summed E-state index contributed by atoms with van der Waals surface area (Å²) in [6.07, 6.45) is 2.00. The number of hydrogen-bond acceptors (Lipinski definition) is 6. The number of aromatic amines is 1. The normalized spacial score (nSPS) is 14.8. The number of pyridine rings is 1. The van der Waals surface area contributed by atoms with E-state index in [1.165, 1.54) is 5.56 Å². The van der Waals surface area contributed by atoms with Gasteiger partial charge in [-0.05, 0) is 79.9 Å². The highest BCUT2D eigenvalue weighted by Gasteiger charge is 2.35. The van der Waals surface area contributed by atoms with E-state index in [1.807, 2.05) is 35.0 Å². The van der Waals surface area contributed by atoms with Crippen LogP contribution >= 0.6 is 0 Å². The summed E-state index contributed by atoms with van der Waals surface area (Å²) in [7, 11) is 1.64. The Hall–Kier alpha value is -3.68. The monoisotopic (exact) mass is 444 g/mol. The Morgan fingerprint density at radius 2 is 1.94 bits per heavy atom. The molecule has 1 atom stereocenters. The molecule has 3 heterocycles. The lowest BCUT2D eigenvalue weighted by atomic mass is 9.96. The molecular formula is C25H28N6O2. The molecule has 0 saturated carbocycles. The van der Waals surface area contributed by atoms with Crippen molar-refractivity contribution in [1.82, 2.24) is 25.2 Å². The first-order valence-electron chi connectivity index (χ1n) is 11.2. The van der Waals surface area contributed by atoms with Crippen molar-refractivity contribution in [2.24, 2.45) is 0 Å². The number of hydrogen-bond donors (Lipinski definition) is 1. The first-order valence-corrected chi connectivity index (χ1v) is 11.2. The molecule has 8 nitrogen and oxygen atoms in total. The molecular weight excluding hydrogens is 416 g/mol. The number of nitrogens with one attached hydrogen (secondary N) is 1. The maximum absolute atomic E-state index is 13.4. The molecule has 2 aromatic heterocycles. The number of H-pyrrole nitrogens is 1. The molecule has 0 bridgehead atoms. The number of methoxy groups -OCH3 is 1. The molecule has 0 amide bonds. The number of anilines is 1. The Balaban J connectivity index is 1.77. The van der Waals surface area contributed by atoms with Gasteiger partial charge < -0.3 is 14.6 Å². The molecule has 1 N–H and O–H groups in total. The molecule has 0 fully saturated rings. The van der Waals surface area contributed by atoms with Gasteiger partial charge in [-0.1, -0.05) is 18.2 Å². The number of para-hydroxylation sites is 1. The van der Waals surface area contributed by atoms with Gasteiger partial charge in [0, 0.05) is 28.7 Å². The summed E-state index contributed by atoms with van der Waals surface area (Å²) < 4.78 is 7.24. The van der Waals surface area contributed by atoms with Crippen molar-refractivity contribution in [3.05, 3.63) is 75.8 Å². The SMILES string of the molecule is COc1ccc2[nH]c(=O)c([C@@H](c3nnnn3C(C)(C)C)N3CCCc4ccccc43)cc2c1. The van der Waals surface area contributed by atoms with E-state index in [9.17, 15) is 4.79 Å². The number of ether oxygens (including phenoxy) is 1. The first kappa shape index (κ1) is 21.2. The van der Waals surface area contributed by atoms with Crippen LogP contribution in [-0.2, 0) is 12.0 Å². The fourth-order valence-corrected chi connectivity index (χ4v) is 4.65. The second-order valence-corrected chi connectivity index (χ2v) is 9.45. The number of aromatic nitrogens is 5. The van der Waals surface area contributed by atoms with E-state index in [4.69, 9.17) is 4.74 Å². The fraction of sp³-hybridized carbons (Fsp3) is 0.360. The minimum absolute atomic E-state index is 0.149. The van der Waals surface area contributed by atoms with Gasteiger partial charge in [0.15, 0.2) is 5.82 Å². The average Bonchev–Trinajstić information content (AvgIpc) is 3.30. The van der Waals surface area contributed by atoms with Gasteiger partial charge in [-0.25, -0.2) is 4.68 Å². The summed E-state index contributed by atoms with van der Waals surface area (Å²) >= 11 is 0. The van der Waals surface area contributed by atoms with Crippen molar-refractivity contribution in [1.29, 1.82) is 0 Å². The minimum atomic E-state index is -0.444. The van der Waals surface area contributed by atoms with Crippen LogP contribution in [-0.4, -0.2) is 38.8 Å². The molecule has 170 valence electrons. The van der Waals surface area contributed by atoms with E-state index < -0.39 is 6.04 Å². The third-order valence-corrected chi connectivity index (χ3v) is 6.21. The Morgan fingerprint density at radius 1 is 1.12 bits per heavy atom. The van der Waals surface area contributed by atoms with Crippen LogP contribution in [0.15, 0.2) is 53.3 Å². The zero-order valence-electron chi connectivity index (χ0n) is 19.4. The molecule has 1 aliphatic heterocycles. The van der Waals surface area contributed by atoms with E-state index in [-0.39, 0.29) is 11.1 Å². The molecule has 0 spiro atoms. The minimum Gasteiger partial charge on any atom is -0.497 e. The summed E-state index contributed by atoms with van der Waals surface area (Å²) in [5.74, 6) is 1.38. The van der Waals surface area contributed by atoms with Gasteiger partial charge in [0.05, 0.1) is 12.6 Å². The van der Waals surface area contributed by atoms with E-state index in [1.54, 1.807) is 7.11 Å². The van der Waals surface area contributed by atoms with E-state index in [2.05, 4.69) is 64.4 Å². The number of nitrogens with zero attached hydrogens (tertiary/aromatic N) is 5. The third-order valence-electron chi connectivity index (χ3n) is 6.21. The van der Waals surface area contributed by atoms with Gasteiger partial charge in [0.2, 0.25) is 0 Å². The number of benzene rings is 2. The lowest BCUT2D eigenvalue weighted by Gasteiger charge is -2.38. The van der Waals surface area contributed by atoms with Crippen molar-refractivity contribution in [2.75, 3.05) is 18.6 Å². The number of tetrazole rings is 1. The number of fused-ring (bicyclic) bond motifs is 2. The van der Waals surface area contributed by atoms with E-state index in [0.29, 0.717) is 11.4 Å². The first-order chi connectivity index (χ1) is 15.9. The van der Waals surface area contributed by atoms with E-state index >= 15 is 0 Å². The highest BCUT2D eigenvalue weighted by molar-refractivity contribution is 5.81. The van der Waals surface area contributed by atoms with Crippen LogP contribution < -0.4 is 15.2 Å². The molecule has 0 unspecified atom stereocenters. The Kier molecular flexibility index (Phi) is 5.15. The van der Waals surface area contributed by atoms with Crippen molar-refractivity contribution in [3.63, 3.8) is 0 Å². The summed E-state index contributed by atoms with van der Waals surface area (Å²) in [6.45, 7) is 6.98. The van der Waals surface area contributed by atoms with Crippen molar-refractivity contribution >= 4 is 16.6 Å². The maximum Gasteiger partial charge on any atom is 0.254 e. The van der Waals surface area contributed by atoms with Crippen LogP contribution in [0.2, 0.25) is 0 Å². The quantitative estimate of drug-likeness (QED) is 0.515. The van der Waals surface area contributed by atoms with Crippen LogP contribution in [0.3, 0.4) is 0 Å². The predicted octanol–water partition coefficient (Wildman–Crippen LogP) is 3.82. The second-order valence-electron chi connectivity index (χ2n) is 9.45. The van der Waals surface area contributed by atoms with Gasteiger partial charge in [0.1, 0.15) is 11.8 Å². The zero-order chi connectivity index (χ0) is 23.2. The van der Waals surface area contributed by atoms with Crippen LogP contribution in [0.1, 0.15) is 50.2 Å². The van der Waals surface area contributed by atoms with Crippen LogP contribution in [0.25, 0.3) is 10.9 Å². The lowest BCUT2D eigenvalue weighted by molar-refractivity contribution is 0.329. The predicted molar refractivity (Wildman–Crippen MR) is 128 cm³/mol. The van der Waals surface area contributed by atoms with Crippen molar-refractivity contribution in [2.45, 2.75) is 45.2 Å². The van der Waals surface area contributed by atoms with Gasteiger partial charge in [-0.2, -0.15) is 0 Å². The number of aryl methyl sites for hydroxylation is 1. The smallest absolute Gasteiger partial charge is 0.254 e. The zero-order valence-corrected chi connectivity index (χ0v) is 19.4. The number of rotatable bonds is 4. The van der Waals surface area contributed by atoms with Crippen LogP contribution in [0, 0.1) is 0 Å². The Bertz CT molecular complexity index is 1370. The summed E-state index contributed by atoms with van der Waals surface area (Å²) in [4.78, 5) is 18.8. The topological polar surface area (TPSA) is 88.9 Å². The van der Waals surface area contributed by atoms with Gasteiger partial charge in [-0.15, -0.1) is 5.10 Å². The van der Waals surface area contributed by atoms with Crippen molar-refractivity contribution < 1.29 is 4.74 Å². The molecule has 0 radical (unpaired) electrons. The fourth-order valence-electron chi connectivity index (χ4n) is 4.65. The molecule has 4 aromatic rings. The highest BCUT2D eigenvalue weighted by atomic mass is 16.5. The van der Waals surface area contributed by atoms with Gasteiger partial charge >= 0.3 is 0 Å². The van der Waals surface area contributed by atoms with E-state index in [0.717, 1.165) is 41.7 Å². The van der Waals surface area contributed by atoms with Gasteiger partial charge in [-0.3, -0.25) is 4.79 Å². The summed E-state index contributed by atoms with van der Waals surface area (Å²) in [6, 6.07) is 15.5. The second kappa shape index (κ2) is 8.03. The molecule has 33 heavy (non-hydrogen) atoms. The van der Waals surface area contributed by atoms with Gasteiger partial charge in [0.25, 0.3) is 5.56 Å². The maximum atomic E-state index is 13.4. The standard InChI is InChI=1S/C25H28N6O2/c1-25(2,3)31-23(27-28-29-31)22(30-13-7-9-16-8-5-6-10-21(16)30)19-15-17-14-18(33-4)11-12-20(17)26-24(19)32/h5-6,8,10-12,14-15,22H,7,9,13H2,1-4H3,(H,26,32)/t22-/m0/s1. The largest absolute Gasteiger partial charge is 0.497 e. The lowest BCUT2D eigenvalue weighted by Crippen LogP contribution is -2.40. The van der Waals surface area contributed by atoms with Crippen LogP contribution in [0.5, 0.6) is 5.75 Å². The Morgan fingerprint density at radius 3 is 2.73 bits per heavy atom. The molecule has 8 heteroatoms. The molecule has 2 aromatic carbocycles. The molecule has 0 aliphatic carbocycles. The highest BCUT2D eigenvalue weighted by Crippen LogP contribution is 2.37. The summed E-state index contributed by atoms with van der Waals surface area (Å²) in [5.41, 5.74) is 3.25. The molecule has 1 aliphatic rings. The van der Waals surface area contributed by atoms with Crippen LogP contribution in [0.4, 0.5) is 5.69 Å². The Labute approximate surface area is 192 Å². The summed E-state index contributed by atoms with van der Waals surface area (Å²) in [5, 5.41) is 13.7. The average molecular weight is 445 g/mol. The molecule has 0 saturated heterocycles. The third kappa shape index (κ3) is 3.75. The molecule has 5 rings (SSSR count). The van der Waals surface area contributed by atoms with Crippen molar-refractivity contribution in [3.8, 4) is 5.75 Å².